The van der Waals surface area contributed by atoms with Gasteiger partial charge < -0.3 is 19.9 Å². The minimum absolute atomic E-state index is 0.0246. The lowest BCUT2D eigenvalue weighted by Crippen LogP contribution is -2.30. The second-order valence-corrected chi connectivity index (χ2v) is 8.77. The van der Waals surface area contributed by atoms with Crippen molar-refractivity contribution in [1.82, 2.24) is 35.0 Å². The van der Waals surface area contributed by atoms with Crippen LogP contribution in [0.15, 0.2) is 67.3 Å². The van der Waals surface area contributed by atoms with Crippen LogP contribution in [0.3, 0.4) is 0 Å². The Bertz CT molecular complexity index is 1520. The Morgan fingerprint density at radius 3 is 2.75 bits per heavy atom. The maximum absolute atomic E-state index is 12.0. The molecule has 1 fully saturated rings. The van der Waals surface area contributed by atoms with Crippen LogP contribution in [0.5, 0.6) is 5.75 Å². The molecule has 10 nitrogen and oxygen atoms in total. The van der Waals surface area contributed by atoms with Gasteiger partial charge >= 0.3 is 0 Å². The third-order valence-corrected chi connectivity index (χ3v) is 5.94. The number of H-pyrrole nitrogens is 1. The van der Waals surface area contributed by atoms with E-state index in [1.807, 2.05) is 66.3 Å². The number of aromatic amines is 1. The van der Waals surface area contributed by atoms with Crippen LogP contribution in [-0.4, -0.2) is 48.3 Å². The summed E-state index contributed by atoms with van der Waals surface area (Å²) in [4.78, 5) is 26.0. The van der Waals surface area contributed by atoms with Crippen molar-refractivity contribution in [3.05, 3.63) is 67.3 Å². The lowest BCUT2D eigenvalue weighted by Gasteiger charge is -2.11. The fourth-order valence-corrected chi connectivity index (χ4v) is 3.89. The van der Waals surface area contributed by atoms with Gasteiger partial charge in [-0.3, -0.25) is 9.89 Å². The molecule has 1 aliphatic rings. The second-order valence-electron chi connectivity index (χ2n) is 8.77. The summed E-state index contributed by atoms with van der Waals surface area (Å²) < 4.78 is 7.57. The van der Waals surface area contributed by atoms with Gasteiger partial charge in [-0.1, -0.05) is 24.3 Å². The van der Waals surface area contributed by atoms with Crippen molar-refractivity contribution < 1.29 is 9.53 Å². The second kappa shape index (κ2) is 9.14. The zero-order valence-corrected chi connectivity index (χ0v) is 19.6. The molecule has 1 aliphatic carbocycles. The van der Waals surface area contributed by atoms with Gasteiger partial charge in [0.15, 0.2) is 29.4 Å². The molecule has 10 heteroatoms. The molecule has 3 N–H and O–H groups in total. The summed E-state index contributed by atoms with van der Waals surface area (Å²) in [7, 11) is 1.90. The Balaban J connectivity index is 1.27. The Labute approximate surface area is 206 Å². The van der Waals surface area contributed by atoms with Crippen LogP contribution in [0.2, 0.25) is 0 Å². The monoisotopic (exact) mass is 480 g/mol. The molecule has 0 atom stereocenters. The van der Waals surface area contributed by atoms with Gasteiger partial charge in [0.05, 0.1) is 12.5 Å². The molecule has 6 rings (SSSR count). The lowest BCUT2D eigenvalue weighted by molar-refractivity contribution is -0.123. The van der Waals surface area contributed by atoms with E-state index in [1.165, 1.54) is 0 Å². The van der Waals surface area contributed by atoms with E-state index in [4.69, 9.17) is 14.7 Å². The van der Waals surface area contributed by atoms with Gasteiger partial charge in [0.25, 0.3) is 5.91 Å². The van der Waals surface area contributed by atoms with E-state index in [2.05, 4.69) is 25.8 Å². The summed E-state index contributed by atoms with van der Waals surface area (Å²) in [6.45, 7) is -0.0246. The molecule has 0 aliphatic heterocycles. The van der Waals surface area contributed by atoms with Crippen molar-refractivity contribution in [2.75, 3.05) is 11.9 Å². The lowest BCUT2D eigenvalue weighted by atomic mass is 10.1. The number of aromatic nitrogens is 6. The number of ether oxygens (including phenoxy) is 1. The highest BCUT2D eigenvalue weighted by Gasteiger charge is 2.23. The van der Waals surface area contributed by atoms with Crippen molar-refractivity contribution in [3.8, 4) is 28.3 Å². The largest absolute Gasteiger partial charge is 0.484 e. The molecule has 5 aromatic rings. The Morgan fingerprint density at radius 1 is 1.11 bits per heavy atom. The Morgan fingerprint density at radius 2 is 1.97 bits per heavy atom. The van der Waals surface area contributed by atoms with Gasteiger partial charge in [0.1, 0.15) is 5.75 Å². The van der Waals surface area contributed by atoms with Crippen LogP contribution < -0.4 is 15.4 Å². The molecule has 2 aromatic carbocycles. The minimum atomic E-state index is -0.110. The third-order valence-electron chi connectivity index (χ3n) is 5.94. The average molecular weight is 481 g/mol. The third kappa shape index (κ3) is 4.61. The van der Waals surface area contributed by atoms with Crippen molar-refractivity contribution in [2.24, 2.45) is 7.05 Å². The number of hydrogen-bond donors (Lipinski definition) is 3. The summed E-state index contributed by atoms with van der Waals surface area (Å²) >= 11 is 0. The summed E-state index contributed by atoms with van der Waals surface area (Å²) in [5.74, 6) is 1.59. The number of carbonyl (C=O) groups excluding carboxylic acids is 1. The zero-order valence-electron chi connectivity index (χ0n) is 19.6. The van der Waals surface area contributed by atoms with E-state index in [0.717, 1.165) is 35.2 Å². The highest BCUT2D eigenvalue weighted by atomic mass is 16.5. The van der Waals surface area contributed by atoms with E-state index < -0.39 is 0 Å². The number of anilines is 2. The first kappa shape index (κ1) is 21.8. The smallest absolute Gasteiger partial charge is 0.258 e. The van der Waals surface area contributed by atoms with E-state index in [0.29, 0.717) is 34.6 Å². The topological polar surface area (TPSA) is 123 Å². The number of hydrogen-bond acceptors (Lipinski definition) is 7. The zero-order chi connectivity index (χ0) is 24.5. The predicted molar refractivity (Wildman–Crippen MR) is 136 cm³/mol. The maximum Gasteiger partial charge on any atom is 0.258 e. The van der Waals surface area contributed by atoms with Crippen molar-refractivity contribution in [3.63, 3.8) is 0 Å². The minimum Gasteiger partial charge on any atom is -0.484 e. The van der Waals surface area contributed by atoms with Gasteiger partial charge in [-0.2, -0.15) is 5.10 Å². The molecule has 1 amide bonds. The van der Waals surface area contributed by atoms with Crippen molar-refractivity contribution in [1.29, 1.82) is 0 Å². The molecule has 36 heavy (non-hydrogen) atoms. The molecule has 0 saturated heterocycles. The summed E-state index contributed by atoms with van der Waals surface area (Å²) in [5.41, 5.74) is 5.10. The van der Waals surface area contributed by atoms with Crippen molar-refractivity contribution in [2.45, 2.75) is 18.9 Å². The van der Waals surface area contributed by atoms with Crippen LogP contribution in [-0.2, 0) is 11.8 Å². The molecule has 3 aromatic heterocycles. The standard InChI is InChI=1S/C26H24N8O2/c1-34-15-27-23-25(31-20-7-5-16(6-8-20)18-12-28-29-13-18)32-24(33-26(23)34)17-3-2-4-21(11-17)36-14-22(35)30-19-9-10-19/h2-8,11-13,15,19H,9-10,14H2,1H3,(H,28,29)(H,30,35)(H,31,32,33). The maximum atomic E-state index is 12.0. The summed E-state index contributed by atoms with van der Waals surface area (Å²) in [6, 6.07) is 15.7. The highest BCUT2D eigenvalue weighted by Crippen LogP contribution is 2.29. The number of imidazole rings is 1. The fourth-order valence-electron chi connectivity index (χ4n) is 3.89. The van der Waals surface area contributed by atoms with Crippen LogP contribution in [0.25, 0.3) is 33.7 Å². The normalized spacial score (nSPS) is 13.0. The molecule has 3 heterocycles. The molecular formula is C26H24N8O2. The van der Waals surface area contributed by atoms with Crippen LogP contribution in [0.4, 0.5) is 11.5 Å². The van der Waals surface area contributed by atoms with E-state index in [9.17, 15) is 4.79 Å². The number of nitrogens with one attached hydrogen (secondary N) is 3. The summed E-state index contributed by atoms with van der Waals surface area (Å²) in [5, 5.41) is 13.2. The molecule has 180 valence electrons. The predicted octanol–water partition coefficient (Wildman–Crippen LogP) is 3.82. The molecule has 1 saturated carbocycles. The number of benzene rings is 2. The quantitative estimate of drug-likeness (QED) is 0.309. The molecule has 0 spiro atoms. The van der Waals surface area contributed by atoms with Crippen molar-refractivity contribution >= 4 is 28.6 Å². The Hall–Kier alpha value is -4.73. The molecule has 0 unspecified atom stereocenters. The van der Waals surface area contributed by atoms with Gasteiger partial charge in [-0.15, -0.1) is 0 Å². The van der Waals surface area contributed by atoms with Gasteiger partial charge in [0.2, 0.25) is 0 Å². The van der Waals surface area contributed by atoms with Crippen LogP contribution in [0.1, 0.15) is 12.8 Å². The van der Waals surface area contributed by atoms with Gasteiger partial charge in [-0.25, -0.2) is 15.0 Å². The average Bonchev–Trinajstić information content (AvgIpc) is 3.38. The number of rotatable bonds is 8. The number of nitrogens with zero attached hydrogens (tertiary/aromatic N) is 5. The summed E-state index contributed by atoms with van der Waals surface area (Å²) in [6.07, 6.45) is 7.44. The van der Waals surface area contributed by atoms with Crippen LogP contribution in [0, 0.1) is 0 Å². The number of amides is 1. The first-order valence-corrected chi connectivity index (χ1v) is 11.7. The molecule has 0 bridgehead atoms. The number of carbonyl (C=O) groups is 1. The van der Waals surface area contributed by atoms with Gasteiger partial charge in [0, 0.05) is 36.1 Å². The Kier molecular flexibility index (Phi) is 5.53. The number of aryl methyl sites for hydroxylation is 1. The SMILES string of the molecule is Cn1cnc2c(Nc3ccc(-c4cn[nH]c4)cc3)nc(-c3cccc(OCC(=O)NC4CC4)c3)nc21. The van der Waals surface area contributed by atoms with E-state index >= 15 is 0 Å². The fraction of sp³-hybridized carbons (Fsp3) is 0.192. The first-order valence-electron chi connectivity index (χ1n) is 11.7. The first-order chi connectivity index (χ1) is 17.6. The molecule has 0 radical (unpaired) electrons. The van der Waals surface area contributed by atoms with E-state index in [-0.39, 0.29) is 12.5 Å². The van der Waals surface area contributed by atoms with E-state index in [1.54, 1.807) is 12.5 Å². The highest BCUT2D eigenvalue weighted by molar-refractivity contribution is 5.87. The van der Waals surface area contributed by atoms with Crippen LogP contribution >= 0.6 is 0 Å². The molecular weight excluding hydrogens is 456 g/mol. The van der Waals surface area contributed by atoms with Gasteiger partial charge in [-0.05, 0) is 42.7 Å². The number of fused-ring (bicyclic) bond motifs is 1.